The largest absolute Gasteiger partial charge is 0.396 e. The lowest BCUT2D eigenvalue weighted by atomic mass is 10.0. The lowest BCUT2D eigenvalue weighted by molar-refractivity contribution is -0.125. The van der Waals surface area contributed by atoms with E-state index in [9.17, 15) is 9.90 Å². The fourth-order valence-corrected chi connectivity index (χ4v) is 2.80. The van der Waals surface area contributed by atoms with Gasteiger partial charge in [0.25, 0.3) is 0 Å². The summed E-state index contributed by atoms with van der Waals surface area (Å²) >= 11 is 0. The molecule has 7 nitrogen and oxygen atoms in total. The van der Waals surface area contributed by atoms with Gasteiger partial charge < -0.3 is 10.4 Å². The number of nitrogens with one attached hydrogen (secondary N) is 1. The molecule has 122 valence electrons. The highest BCUT2D eigenvalue weighted by molar-refractivity contribution is 5.80. The van der Waals surface area contributed by atoms with Crippen LogP contribution in [-0.2, 0) is 11.2 Å². The van der Waals surface area contributed by atoms with Crippen molar-refractivity contribution in [2.45, 2.75) is 37.8 Å². The third kappa shape index (κ3) is 4.13. The van der Waals surface area contributed by atoms with Gasteiger partial charge in [-0.1, -0.05) is 30.3 Å². The summed E-state index contributed by atoms with van der Waals surface area (Å²) in [5, 5.41) is 23.4. The maximum atomic E-state index is 12.8. The van der Waals surface area contributed by atoms with Crippen LogP contribution in [0.3, 0.4) is 0 Å². The van der Waals surface area contributed by atoms with Crippen LogP contribution in [0.4, 0.5) is 0 Å². The predicted molar refractivity (Wildman–Crippen MR) is 83.4 cm³/mol. The van der Waals surface area contributed by atoms with Gasteiger partial charge >= 0.3 is 0 Å². The zero-order chi connectivity index (χ0) is 16.1. The molecule has 1 aliphatic rings. The number of carbonyl (C=O) groups is 1. The van der Waals surface area contributed by atoms with Gasteiger partial charge in [0.2, 0.25) is 5.91 Å². The van der Waals surface area contributed by atoms with Crippen LogP contribution in [0, 0.1) is 5.92 Å². The second kappa shape index (κ2) is 7.32. The van der Waals surface area contributed by atoms with Crippen molar-refractivity contribution in [3.63, 3.8) is 0 Å². The standard InChI is InChI=1S/C16H21N5O2/c22-9-8-14(13-6-7-13)18-16(23)15(21-11-17-19-20-21)10-12-4-2-1-3-5-12/h1-5,11,13-15,22H,6-10H2,(H,18,23). The number of rotatable bonds is 8. The Bertz CT molecular complexity index is 613. The number of aliphatic hydroxyl groups excluding tert-OH is 1. The molecule has 2 N–H and O–H groups in total. The van der Waals surface area contributed by atoms with Crippen LogP contribution in [0.25, 0.3) is 0 Å². The normalized spacial score (nSPS) is 16.7. The lowest BCUT2D eigenvalue weighted by Gasteiger charge is -2.22. The van der Waals surface area contributed by atoms with E-state index in [2.05, 4.69) is 20.8 Å². The molecule has 1 aliphatic carbocycles. The van der Waals surface area contributed by atoms with E-state index in [0.29, 0.717) is 18.8 Å². The van der Waals surface area contributed by atoms with E-state index in [1.54, 1.807) is 0 Å². The van der Waals surface area contributed by atoms with Crippen LogP contribution >= 0.6 is 0 Å². The molecule has 1 amide bonds. The second-order valence-corrected chi connectivity index (χ2v) is 5.96. The number of benzene rings is 1. The van der Waals surface area contributed by atoms with Gasteiger partial charge in [0.15, 0.2) is 0 Å². The molecular weight excluding hydrogens is 294 g/mol. The minimum atomic E-state index is -0.493. The first kappa shape index (κ1) is 15.6. The highest BCUT2D eigenvalue weighted by Gasteiger charge is 2.33. The Hall–Kier alpha value is -2.28. The van der Waals surface area contributed by atoms with E-state index in [1.165, 1.54) is 11.0 Å². The van der Waals surface area contributed by atoms with Crippen LogP contribution < -0.4 is 5.32 Å². The molecule has 1 aromatic carbocycles. The summed E-state index contributed by atoms with van der Waals surface area (Å²) in [6.07, 6.45) is 4.79. The number of hydrogen-bond donors (Lipinski definition) is 2. The Kier molecular flexibility index (Phi) is 4.97. The summed E-state index contributed by atoms with van der Waals surface area (Å²) in [6, 6.07) is 9.34. The summed E-state index contributed by atoms with van der Waals surface area (Å²) in [5.41, 5.74) is 1.05. The molecule has 0 bridgehead atoms. The molecule has 1 fully saturated rings. The summed E-state index contributed by atoms with van der Waals surface area (Å²) in [7, 11) is 0. The second-order valence-electron chi connectivity index (χ2n) is 5.96. The molecule has 23 heavy (non-hydrogen) atoms. The quantitative estimate of drug-likeness (QED) is 0.749. The van der Waals surface area contributed by atoms with Gasteiger partial charge in [0, 0.05) is 19.1 Å². The van der Waals surface area contributed by atoms with Crippen molar-refractivity contribution >= 4 is 5.91 Å². The van der Waals surface area contributed by atoms with E-state index in [4.69, 9.17) is 0 Å². The van der Waals surface area contributed by atoms with Crippen LogP contribution in [0.5, 0.6) is 0 Å². The molecule has 3 rings (SSSR count). The molecule has 0 radical (unpaired) electrons. The van der Waals surface area contributed by atoms with Crippen LogP contribution in [0.2, 0.25) is 0 Å². The Morgan fingerprint density at radius 2 is 2.13 bits per heavy atom. The number of aromatic nitrogens is 4. The molecule has 2 unspecified atom stereocenters. The molecule has 0 saturated heterocycles. The average Bonchev–Trinajstić information content (AvgIpc) is 3.28. The minimum Gasteiger partial charge on any atom is -0.396 e. The molecule has 2 atom stereocenters. The lowest BCUT2D eigenvalue weighted by Crippen LogP contribution is -2.42. The van der Waals surface area contributed by atoms with Gasteiger partial charge in [-0.25, -0.2) is 4.68 Å². The van der Waals surface area contributed by atoms with Crippen LogP contribution in [0.1, 0.15) is 30.9 Å². The van der Waals surface area contributed by atoms with Crippen molar-refractivity contribution in [3.8, 4) is 0 Å². The molecule has 7 heteroatoms. The number of aliphatic hydroxyl groups is 1. The maximum Gasteiger partial charge on any atom is 0.245 e. The van der Waals surface area contributed by atoms with Gasteiger partial charge in [-0.15, -0.1) is 5.10 Å². The molecule has 1 saturated carbocycles. The molecular formula is C16H21N5O2. The third-order valence-electron chi connectivity index (χ3n) is 4.22. The first-order chi connectivity index (χ1) is 11.3. The van der Waals surface area contributed by atoms with E-state index >= 15 is 0 Å². The molecule has 0 spiro atoms. The van der Waals surface area contributed by atoms with Crippen molar-refractivity contribution in [2.24, 2.45) is 5.92 Å². The number of nitrogens with zero attached hydrogens (tertiary/aromatic N) is 4. The first-order valence-electron chi connectivity index (χ1n) is 7.95. The Morgan fingerprint density at radius 3 is 2.74 bits per heavy atom. The fraction of sp³-hybridized carbons (Fsp3) is 0.500. The van der Waals surface area contributed by atoms with Gasteiger partial charge in [0.1, 0.15) is 12.4 Å². The van der Waals surface area contributed by atoms with Gasteiger partial charge in [-0.2, -0.15) is 0 Å². The zero-order valence-corrected chi connectivity index (χ0v) is 12.9. The van der Waals surface area contributed by atoms with Crippen molar-refractivity contribution in [3.05, 3.63) is 42.2 Å². The molecule has 2 aromatic rings. The van der Waals surface area contributed by atoms with Gasteiger partial charge in [-0.05, 0) is 41.2 Å². The summed E-state index contributed by atoms with van der Waals surface area (Å²) in [4.78, 5) is 12.8. The number of amides is 1. The molecule has 1 heterocycles. The predicted octanol–water partition coefficient (Wildman–Crippen LogP) is 0.734. The van der Waals surface area contributed by atoms with Crippen LogP contribution in [-0.4, -0.2) is 43.9 Å². The molecule has 1 aromatic heterocycles. The van der Waals surface area contributed by atoms with Crippen molar-refractivity contribution in [1.29, 1.82) is 0 Å². The third-order valence-corrected chi connectivity index (χ3v) is 4.22. The summed E-state index contributed by atoms with van der Waals surface area (Å²) in [5.74, 6) is 0.379. The number of carbonyl (C=O) groups excluding carboxylic acids is 1. The van der Waals surface area contributed by atoms with Crippen molar-refractivity contribution < 1.29 is 9.90 Å². The highest BCUT2D eigenvalue weighted by atomic mass is 16.3. The van der Waals surface area contributed by atoms with Crippen molar-refractivity contribution in [1.82, 2.24) is 25.5 Å². The fourth-order valence-electron chi connectivity index (χ4n) is 2.80. The Balaban J connectivity index is 1.73. The average molecular weight is 315 g/mol. The Morgan fingerprint density at radius 1 is 1.35 bits per heavy atom. The summed E-state index contributed by atoms with van der Waals surface area (Å²) in [6.45, 7) is 0.0790. The van der Waals surface area contributed by atoms with E-state index in [-0.39, 0.29) is 18.6 Å². The van der Waals surface area contributed by atoms with Crippen LogP contribution in [0.15, 0.2) is 36.7 Å². The Labute approximate surface area is 134 Å². The number of hydrogen-bond acceptors (Lipinski definition) is 5. The zero-order valence-electron chi connectivity index (χ0n) is 12.9. The SMILES string of the molecule is O=C(NC(CCO)C1CC1)C(Cc1ccccc1)n1cnnn1. The first-order valence-corrected chi connectivity index (χ1v) is 7.95. The van der Waals surface area contributed by atoms with E-state index in [0.717, 1.165) is 18.4 Å². The number of tetrazole rings is 1. The summed E-state index contributed by atoms with van der Waals surface area (Å²) < 4.78 is 1.49. The highest BCUT2D eigenvalue weighted by Crippen LogP contribution is 2.34. The monoisotopic (exact) mass is 315 g/mol. The minimum absolute atomic E-state index is 0.0299. The van der Waals surface area contributed by atoms with Crippen molar-refractivity contribution in [2.75, 3.05) is 6.61 Å². The maximum absolute atomic E-state index is 12.8. The van der Waals surface area contributed by atoms with E-state index in [1.807, 2.05) is 30.3 Å². The van der Waals surface area contributed by atoms with E-state index < -0.39 is 6.04 Å². The van der Waals surface area contributed by atoms with Gasteiger partial charge in [0.05, 0.1) is 0 Å². The smallest absolute Gasteiger partial charge is 0.245 e. The van der Waals surface area contributed by atoms with Gasteiger partial charge in [-0.3, -0.25) is 4.79 Å². The topological polar surface area (TPSA) is 92.9 Å². The molecule has 0 aliphatic heterocycles.